The van der Waals surface area contributed by atoms with Crippen LogP contribution in [0.15, 0.2) is 67.3 Å². The van der Waals surface area contributed by atoms with Crippen LogP contribution < -0.4 is 5.01 Å². The normalized spacial score (nSPS) is 17.2. The standard InChI is InChI=1S/C26H27N3O2/c1-3-26(31)28-12-10-21(11-13-28)29-25-9-8-19(14-20(25)17-27(29)2)24-16-22(30)15-18-6-4-5-7-23(18)24/h3-9,14-16,21,30H,1,10-13,17H2,2H3. The Morgan fingerprint density at radius 1 is 1.10 bits per heavy atom. The van der Waals surface area contributed by atoms with E-state index in [1.165, 1.54) is 17.3 Å². The van der Waals surface area contributed by atoms with Crippen molar-refractivity contribution >= 4 is 22.4 Å². The topological polar surface area (TPSA) is 47.0 Å². The Morgan fingerprint density at radius 2 is 1.87 bits per heavy atom. The van der Waals surface area contributed by atoms with Gasteiger partial charge in [-0.3, -0.25) is 4.79 Å². The summed E-state index contributed by atoms with van der Waals surface area (Å²) >= 11 is 0. The third-order valence-corrected chi connectivity index (χ3v) is 6.55. The summed E-state index contributed by atoms with van der Waals surface area (Å²) in [5, 5.41) is 17.1. The summed E-state index contributed by atoms with van der Waals surface area (Å²) < 4.78 is 0. The number of phenolic OH excluding ortho intramolecular Hbond substituents is 1. The molecule has 5 heteroatoms. The van der Waals surface area contributed by atoms with Crippen LogP contribution in [0.5, 0.6) is 5.75 Å². The van der Waals surface area contributed by atoms with Gasteiger partial charge in [-0.05, 0) is 70.6 Å². The van der Waals surface area contributed by atoms with Crippen molar-refractivity contribution in [1.82, 2.24) is 9.91 Å². The number of piperidine rings is 1. The Labute approximate surface area is 182 Å². The third-order valence-electron chi connectivity index (χ3n) is 6.55. The predicted molar refractivity (Wildman–Crippen MR) is 125 cm³/mol. The molecule has 0 saturated carbocycles. The van der Waals surface area contributed by atoms with Crippen molar-refractivity contribution in [2.24, 2.45) is 0 Å². The Bertz CT molecular complexity index is 1160. The third kappa shape index (κ3) is 3.45. The molecule has 0 atom stereocenters. The zero-order valence-electron chi connectivity index (χ0n) is 17.8. The average Bonchev–Trinajstić information content (AvgIpc) is 3.12. The molecule has 0 aromatic heterocycles. The van der Waals surface area contributed by atoms with Crippen molar-refractivity contribution in [3.63, 3.8) is 0 Å². The Hall–Kier alpha value is -3.31. The molecule has 0 radical (unpaired) electrons. The fraction of sp³-hybridized carbons (Fsp3) is 0.269. The van der Waals surface area contributed by atoms with Gasteiger partial charge in [-0.1, -0.05) is 36.9 Å². The molecular formula is C26H27N3O2. The highest BCUT2D eigenvalue weighted by atomic mass is 16.3. The number of likely N-dealkylation sites (tertiary alicyclic amines) is 1. The van der Waals surface area contributed by atoms with Gasteiger partial charge in [0.2, 0.25) is 5.91 Å². The van der Waals surface area contributed by atoms with E-state index < -0.39 is 0 Å². The van der Waals surface area contributed by atoms with Gasteiger partial charge >= 0.3 is 0 Å². The number of hydrazine groups is 1. The van der Waals surface area contributed by atoms with Crippen molar-refractivity contribution in [3.8, 4) is 16.9 Å². The largest absolute Gasteiger partial charge is 0.508 e. The van der Waals surface area contributed by atoms with Crippen LogP contribution in [0.2, 0.25) is 0 Å². The van der Waals surface area contributed by atoms with E-state index in [2.05, 4.69) is 47.9 Å². The van der Waals surface area contributed by atoms with Gasteiger partial charge < -0.3 is 15.0 Å². The second-order valence-corrected chi connectivity index (χ2v) is 8.48. The number of aromatic hydroxyl groups is 1. The molecule has 5 rings (SSSR count). The number of amides is 1. The van der Waals surface area contributed by atoms with Crippen LogP contribution in [0.25, 0.3) is 21.9 Å². The van der Waals surface area contributed by atoms with Crippen LogP contribution in [0, 0.1) is 0 Å². The molecule has 1 N–H and O–H groups in total. The number of nitrogens with zero attached hydrogens (tertiary/aromatic N) is 3. The molecule has 3 aromatic carbocycles. The van der Waals surface area contributed by atoms with Crippen LogP contribution in [-0.4, -0.2) is 47.1 Å². The molecule has 2 heterocycles. The van der Waals surface area contributed by atoms with E-state index in [1.807, 2.05) is 35.2 Å². The first-order chi connectivity index (χ1) is 15.0. The van der Waals surface area contributed by atoms with Crippen LogP contribution in [0.3, 0.4) is 0 Å². The number of hydrogen-bond donors (Lipinski definition) is 1. The van der Waals surface area contributed by atoms with E-state index in [0.29, 0.717) is 6.04 Å². The number of phenols is 1. The Morgan fingerprint density at radius 3 is 2.65 bits per heavy atom. The van der Waals surface area contributed by atoms with Gasteiger partial charge in [0.15, 0.2) is 0 Å². The molecule has 5 nitrogen and oxygen atoms in total. The summed E-state index contributed by atoms with van der Waals surface area (Å²) in [7, 11) is 2.13. The van der Waals surface area contributed by atoms with Crippen molar-refractivity contribution < 1.29 is 9.90 Å². The van der Waals surface area contributed by atoms with Crippen molar-refractivity contribution in [3.05, 3.63) is 72.8 Å². The van der Waals surface area contributed by atoms with E-state index in [4.69, 9.17) is 0 Å². The van der Waals surface area contributed by atoms with Gasteiger partial charge in [0.1, 0.15) is 5.75 Å². The maximum atomic E-state index is 11.9. The molecule has 2 aliphatic heterocycles. The molecular weight excluding hydrogens is 386 g/mol. The molecule has 0 aliphatic carbocycles. The van der Waals surface area contributed by atoms with E-state index in [9.17, 15) is 9.90 Å². The maximum absolute atomic E-state index is 11.9. The Balaban J connectivity index is 1.45. The molecule has 0 spiro atoms. The molecule has 2 aliphatic rings. The highest BCUT2D eigenvalue weighted by Gasteiger charge is 2.33. The molecule has 0 bridgehead atoms. The lowest BCUT2D eigenvalue weighted by molar-refractivity contribution is -0.127. The lowest BCUT2D eigenvalue weighted by atomic mass is 9.96. The minimum Gasteiger partial charge on any atom is -0.508 e. The second-order valence-electron chi connectivity index (χ2n) is 8.48. The average molecular weight is 414 g/mol. The van der Waals surface area contributed by atoms with Gasteiger partial charge in [0.05, 0.1) is 5.69 Å². The molecule has 1 amide bonds. The van der Waals surface area contributed by atoms with Crippen molar-refractivity contribution in [1.29, 1.82) is 0 Å². The molecule has 158 valence electrons. The number of carbonyl (C=O) groups is 1. The first kappa shape index (κ1) is 19.6. The molecule has 3 aromatic rings. The summed E-state index contributed by atoms with van der Waals surface area (Å²) in [6, 6.07) is 18.8. The predicted octanol–water partition coefficient (Wildman–Crippen LogP) is 4.56. The number of hydrogen-bond acceptors (Lipinski definition) is 4. The van der Waals surface area contributed by atoms with Crippen LogP contribution >= 0.6 is 0 Å². The SMILES string of the molecule is C=CC(=O)N1CCC(N2c3ccc(-c4cc(O)cc5ccccc45)cc3CN2C)CC1. The Kier molecular flexibility index (Phi) is 4.91. The first-order valence-corrected chi connectivity index (χ1v) is 10.8. The minimum absolute atomic E-state index is 0.0246. The summed E-state index contributed by atoms with van der Waals surface area (Å²) in [6.45, 7) is 5.99. The second kappa shape index (κ2) is 7.75. The summed E-state index contributed by atoms with van der Waals surface area (Å²) in [4.78, 5) is 13.8. The molecule has 1 saturated heterocycles. The summed E-state index contributed by atoms with van der Waals surface area (Å²) in [5.74, 6) is 0.311. The first-order valence-electron chi connectivity index (χ1n) is 10.8. The van der Waals surface area contributed by atoms with Gasteiger partial charge in [0.25, 0.3) is 0 Å². The molecule has 0 unspecified atom stereocenters. The summed E-state index contributed by atoms with van der Waals surface area (Å²) in [5.41, 5.74) is 4.70. The lowest BCUT2D eigenvalue weighted by Gasteiger charge is -2.40. The zero-order chi connectivity index (χ0) is 21.5. The quantitative estimate of drug-likeness (QED) is 0.640. The van der Waals surface area contributed by atoms with Gasteiger partial charge in [0, 0.05) is 32.7 Å². The summed E-state index contributed by atoms with van der Waals surface area (Å²) in [6.07, 6.45) is 3.30. The van der Waals surface area contributed by atoms with Crippen LogP contribution in [0.4, 0.5) is 5.69 Å². The highest BCUT2D eigenvalue weighted by Crippen LogP contribution is 2.39. The van der Waals surface area contributed by atoms with E-state index in [-0.39, 0.29) is 11.7 Å². The minimum atomic E-state index is 0.0246. The number of carbonyl (C=O) groups excluding carboxylic acids is 1. The molecule has 31 heavy (non-hydrogen) atoms. The van der Waals surface area contributed by atoms with E-state index in [0.717, 1.165) is 54.4 Å². The molecule has 1 fully saturated rings. The lowest BCUT2D eigenvalue weighted by Crippen LogP contribution is -2.50. The number of fused-ring (bicyclic) bond motifs is 2. The van der Waals surface area contributed by atoms with Crippen LogP contribution in [0.1, 0.15) is 18.4 Å². The maximum Gasteiger partial charge on any atom is 0.245 e. The number of benzene rings is 3. The van der Waals surface area contributed by atoms with Gasteiger partial charge in [-0.2, -0.15) is 0 Å². The van der Waals surface area contributed by atoms with Crippen molar-refractivity contribution in [2.75, 3.05) is 25.1 Å². The van der Waals surface area contributed by atoms with Gasteiger partial charge in [-0.25, -0.2) is 5.01 Å². The number of rotatable bonds is 3. The fourth-order valence-electron chi connectivity index (χ4n) is 5.08. The zero-order valence-corrected chi connectivity index (χ0v) is 17.8. The number of anilines is 1. The van der Waals surface area contributed by atoms with E-state index >= 15 is 0 Å². The fourth-order valence-corrected chi connectivity index (χ4v) is 5.08. The van der Waals surface area contributed by atoms with Crippen LogP contribution in [-0.2, 0) is 11.3 Å². The van der Waals surface area contributed by atoms with Gasteiger partial charge in [-0.15, -0.1) is 0 Å². The monoisotopic (exact) mass is 413 g/mol. The van der Waals surface area contributed by atoms with Crippen molar-refractivity contribution in [2.45, 2.75) is 25.4 Å². The van der Waals surface area contributed by atoms with E-state index in [1.54, 1.807) is 0 Å². The smallest absolute Gasteiger partial charge is 0.245 e. The highest BCUT2D eigenvalue weighted by molar-refractivity contribution is 5.98.